The van der Waals surface area contributed by atoms with E-state index in [0.717, 1.165) is 0 Å². The van der Waals surface area contributed by atoms with Gasteiger partial charge in [0.15, 0.2) is 0 Å². The number of fused-ring (bicyclic) bond motifs is 1. The fourth-order valence-electron chi connectivity index (χ4n) is 2.03. The van der Waals surface area contributed by atoms with E-state index in [4.69, 9.17) is 4.74 Å². The second-order valence-electron chi connectivity index (χ2n) is 5.09. The predicted octanol–water partition coefficient (Wildman–Crippen LogP) is 2.14. The molecule has 1 heterocycles. The summed E-state index contributed by atoms with van der Waals surface area (Å²) in [5.74, 6) is 0.348. The maximum Gasteiger partial charge on any atom is 0.257 e. The van der Waals surface area contributed by atoms with Crippen LogP contribution < -0.4 is 10.1 Å². The van der Waals surface area contributed by atoms with Gasteiger partial charge in [-0.3, -0.25) is 9.59 Å². The van der Waals surface area contributed by atoms with Gasteiger partial charge in [0.1, 0.15) is 12.4 Å². The topological polar surface area (TPSA) is 58.6 Å². The summed E-state index contributed by atoms with van der Waals surface area (Å²) in [6.07, 6.45) is 0. The molecule has 1 aliphatic rings. The van der Waals surface area contributed by atoms with E-state index < -0.39 is 0 Å². The number of rotatable bonds is 3. The van der Waals surface area contributed by atoms with Crippen molar-refractivity contribution in [3.05, 3.63) is 23.8 Å². The maximum atomic E-state index is 12.4. The summed E-state index contributed by atoms with van der Waals surface area (Å²) < 4.78 is 5.58. The number of carbonyl (C=O) groups is 2. The molecule has 1 aliphatic heterocycles. The van der Waals surface area contributed by atoms with Crippen LogP contribution in [0.5, 0.6) is 5.75 Å². The number of amides is 2. The average molecular weight is 276 g/mol. The van der Waals surface area contributed by atoms with Crippen molar-refractivity contribution in [3.63, 3.8) is 0 Å². The van der Waals surface area contributed by atoms with Gasteiger partial charge in [0.05, 0.1) is 12.1 Å². The Morgan fingerprint density at radius 3 is 2.85 bits per heavy atom. The first-order chi connectivity index (χ1) is 9.52. The molecule has 0 aromatic heterocycles. The number of hydrogen-bond donors (Lipinski definition) is 1. The Labute approximate surface area is 118 Å². The molecular formula is C15H20N2O3. The zero-order valence-corrected chi connectivity index (χ0v) is 12.1. The van der Waals surface area contributed by atoms with E-state index in [2.05, 4.69) is 5.32 Å². The van der Waals surface area contributed by atoms with Crippen LogP contribution in [0.3, 0.4) is 0 Å². The summed E-state index contributed by atoms with van der Waals surface area (Å²) in [6.45, 7) is 7.30. The first kappa shape index (κ1) is 14.4. The van der Waals surface area contributed by atoms with Gasteiger partial charge in [-0.05, 0) is 25.1 Å². The van der Waals surface area contributed by atoms with Gasteiger partial charge < -0.3 is 15.0 Å². The number of carbonyl (C=O) groups excluding carboxylic acids is 2. The average Bonchev–Trinajstić information content (AvgIpc) is 2.58. The molecule has 0 unspecified atom stereocenters. The van der Waals surface area contributed by atoms with Crippen LogP contribution in [0.25, 0.3) is 0 Å². The summed E-state index contributed by atoms with van der Waals surface area (Å²) in [4.78, 5) is 25.8. The lowest BCUT2D eigenvalue weighted by molar-refractivity contribution is -0.118. The summed E-state index contributed by atoms with van der Waals surface area (Å²) in [5.41, 5.74) is 1.13. The van der Waals surface area contributed by atoms with Crippen LogP contribution in [0.2, 0.25) is 0 Å². The van der Waals surface area contributed by atoms with E-state index in [1.807, 2.05) is 20.8 Å². The van der Waals surface area contributed by atoms with Crippen molar-refractivity contribution in [1.82, 2.24) is 4.90 Å². The molecule has 2 rings (SSSR count). The standard InChI is InChI=1S/C15H20N2O3/c1-4-17-7-8-20-13-6-5-11(9-12(13)15(17)19)16-14(18)10(2)3/h5-6,9-10H,4,7-8H2,1-3H3,(H,16,18). The molecule has 1 N–H and O–H groups in total. The van der Waals surface area contributed by atoms with Gasteiger partial charge in [-0.15, -0.1) is 0 Å². The molecule has 2 amide bonds. The zero-order chi connectivity index (χ0) is 14.7. The number of likely N-dealkylation sites (N-methyl/N-ethyl adjacent to an activating group) is 1. The number of nitrogens with zero attached hydrogens (tertiary/aromatic N) is 1. The second-order valence-corrected chi connectivity index (χ2v) is 5.09. The van der Waals surface area contributed by atoms with Gasteiger partial charge >= 0.3 is 0 Å². The molecule has 0 aliphatic carbocycles. The van der Waals surface area contributed by atoms with Crippen LogP contribution in [0.1, 0.15) is 31.1 Å². The molecule has 0 saturated heterocycles. The molecule has 108 valence electrons. The Morgan fingerprint density at radius 2 is 2.20 bits per heavy atom. The molecule has 5 heteroatoms. The van der Waals surface area contributed by atoms with Crippen LogP contribution in [0, 0.1) is 5.92 Å². The Kier molecular flexibility index (Phi) is 4.27. The van der Waals surface area contributed by atoms with Crippen LogP contribution in [0.4, 0.5) is 5.69 Å². The van der Waals surface area contributed by atoms with Crippen molar-refractivity contribution >= 4 is 17.5 Å². The summed E-state index contributed by atoms with van der Waals surface area (Å²) >= 11 is 0. The van der Waals surface area contributed by atoms with Crippen molar-refractivity contribution in [1.29, 1.82) is 0 Å². The number of hydrogen-bond acceptors (Lipinski definition) is 3. The minimum atomic E-state index is -0.104. The monoisotopic (exact) mass is 276 g/mol. The number of benzene rings is 1. The lowest BCUT2D eigenvalue weighted by atomic mass is 10.1. The van der Waals surface area contributed by atoms with Crippen molar-refractivity contribution in [2.45, 2.75) is 20.8 Å². The summed E-state index contributed by atoms with van der Waals surface area (Å²) in [5, 5.41) is 2.80. The predicted molar refractivity (Wildman–Crippen MR) is 77.0 cm³/mol. The lowest BCUT2D eigenvalue weighted by Crippen LogP contribution is -2.32. The summed E-state index contributed by atoms with van der Waals surface area (Å²) in [7, 11) is 0. The Hall–Kier alpha value is -2.04. The maximum absolute atomic E-state index is 12.4. The van der Waals surface area contributed by atoms with Gasteiger partial charge in [0.2, 0.25) is 5.91 Å². The van der Waals surface area contributed by atoms with E-state index >= 15 is 0 Å². The number of anilines is 1. The molecule has 0 bridgehead atoms. The fraction of sp³-hybridized carbons (Fsp3) is 0.467. The first-order valence-corrected chi connectivity index (χ1v) is 6.90. The molecule has 20 heavy (non-hydrogen) atoms. The highest BCUT2D eigenvalue weighted by Gasteiger charge is 2.23. The first-order valence-electron chi connectivity index (χ1n) is 6.90. The highest BCUT2D eigenvalue weighted by Crippen LogP contribution is 2.26. The van der Waals surface area contributed by atoms with Gasteiger partial charge in [-0.2, -0.15) is 0 Å². The van der Waals surface area contributed by atoms with E-state index in [1.165, 1.54) is 0 Å². The SMILES string of the molecule is CCN1CCOc2ccc(NC(=O)C(C)C)cc2C1=O. The third-order valence-electron chi connectivity index (χ3n) is 3.29. The molecule has 0 saturated carbocycles. The quantitative estimate of drug-likeness (QED) is 0.920. The summed E-state index contributed by atoms with van der Waals surface area (Å²) in [6, 6.07) is 5.18. The lowest BCUT2D eigenvalue weighted by Gasteiger charge is -2.17. The highest BCUT2D eigenvalue weighted by atomic mass is 16.5. The Morgan fingerprint density at radius 1 is 1.45 bits per heavy atom. The smallest absolute Gasteiger partial charge is 0.257 e. The number of ether oxygens (including phenoxy) is 1. The van der Waals surface area contributed by atoms with Crippen LogP contribution >= 0.6 is 0 Å². The minimum Gasteiger partial charge on any atom is -0.491 e. The van der Waals surface area contributed by atoms with E-state index in [9.17, 15) is 9.59 Å². The van der Waals surface area contributed by atoms with E-state index in [0.29, 0.717) is 36.7 Å². The van der Waals surface area contributed by atoms with Crippen molar-refractivity contribution in [2.24, 2.45) is 5.92 Å². The molecule has 5 nitrogen and oxygen atoms in total. The van der Waals surface area contributed by atoms with Crippen molar-refractivity contribution in [2.75, 3.05) is 25.0 Å². The highest BCUT2D eigenvalue weighted by molar-refractivity contribution is 6.00. The number of nitrogens with one attached hydrogen (secondary N) is 1. The van der Waals surface area contributed by atoms with Crippen LogP contribution in [-0.4, -0.2) is 36.4 Å². The van der Waals surface area contributed by atoms with Crippen LogP contribution in [0.15, 0.2) is 18.2 Å². The minimum absolute atomic E-state index is 0.0550. The zero-order valence-electron chi connectivity index (χ0n) is 12.1. The normalized spacial score (nSPS) is 14.6. The molecule has 0 spiro atoms. The van der Waals surface area contributed by atoms with Gasteiger partial charge in [-0.1, -0.05) is 13.8 Å². The van der Waals surface area contributed by atoms with E-state index in [1.54, 1.807) is 23.1 Å². The Bertz CT molecular complexity index is 526. The second kappa shape index (κ2) is 5.94. The molecule has 1 aromatic rings. The van der Waals surface area contributed by atoms with Gasteiger partial charge in [0.25, 0.3) is 5.91 Å². The molecule has 0 atom stereocenters. The van der Waals surface area contributed by atoms with Crippen LogP contribution in [-0.2, 0) is 4.79 Å². The third kappa shape index (κ3) is 2.92. The van der Waals surface area contributed by atoms with Gasteiger partial charge in [-0.25, -0.2) is 0 Å². The molecule has 1 aromatic carbocycles. The van der Waals surface area contributed by atoms with E-state index in [-0.39, 0.29) is 17.7 Å². The van der Waals surface area contributed by atoms with Crippen molar-refractivity contribution < 1.29 is 14.3 Å². The Balaban J connectivity index is 2.29. The fourth-order valence-corrected chi connectivity index (χ4v) is 2.03. The molecule has 0 fully saturated rings. The largest absolute Gasteiger partial charge is 0.491 e. The molecular weight excluding hydrogens is 256 g/mol. The van der Waals surface area contributed by atoms with Crippen molar-refractivity contribution in [3.8, 4) is 5.75 Å². The third-order valence-corrected chi connectivity index (χ3v) is 3.29. The van der Waals surface area contributed by atoms with Gasteiger partial charge in [0, 0.05) is 18.2 Å². The molecule has 0 radical (unpaired) electrons.